The molecule has 0 N–H and O–H groups in total. The maximum absolute atomic E-state index is 15.5. The Balaban J connectivity index is 1.05. The van der Waals surface area contributed by atoms with Crippen LogP contribution < -0.4 is 0 Å². The number of fused-ring (bicyclic) bond motifs is 12. The first-order valence-electron chi connectivity index (χ1n) is 23.5. The first kappa shape index (κ1) is 41.2. The van der Waals surface area contributed by atoms with Crippen LogP contribution in [0.5, 0.6) is 0 Å². The second-order valence-corrected chi connectivity index (χ2v) is 18.2. The van der Waals surface area contributed by atoms with Crippen LogP contribution in [-0.4, -0.2) is 18.3 Å². The minimum atomic E-state index is -4.83. The van der Waals surface area contributed by atoms with Crippen LogP contribution in [0.3, 0.4) is 0 Å². The van der Waals surface area contributed by atoms with Gasteiger partial charge in [-0.15, -0.1) is 0 Å². The molecule has 0 bridgehead atoms. The molecule has 0 saturated carbocycles. The molecule has 0 aliphatic heterocycles. The van der Waals surface area contributed by atoms with E-state index in [-0.39, 0.29) is 22.3 Å². The van der Waals surface area contributed by atoms with Gasteiger partial charge >= 0.3 is 6.18 Å². The van der Waals surface area contributed by atoms with E-state index >= 15 is 13.2 Å². The van der Waals surface area contributed by atoms with Crippen LogP contribution in [-0.2, 0) is 6.18 Å². The van der Waals surface area contributed by atoms with E-state index in [0.29, 0.717) is 11.4 Å². The molecule has 72 heavy (non-hydrogen) atoms. The van der Waals surface area contributed by atoms with Crippen molar-refractivity contribution in [3.05, 3.63) is 229 Å². The predicted octanol–water partition coefficient (Wildman–Crippen LogP) is 16.5. The molecule has 0 spiro atoms. The fourth-order valence-electron chi connectivity index (χ4n) is 11.5. The lowest BCUT2D eigenvalue weighted by Crippen LogP contribution is -2.10. The lowest BCUT2D eigenvalue weighted by molar-refractivity contribution is -0.137. The number of para-hydroxylation sites is 6. The van der Waals surface area contributed by atoms with Crippen molar-refractivity contribution in [1.29, 1.82) is 10.5 Å². The molecule has 10 aromatic carbocycles. The van der Waals surface area contributed by atoms with Gasteiger partial charge in [0.2, 0.25) is 0 Å². The second kappa shape index (κ2) is 15.3. The molecule has 338 valence electrons. The van der Waals surface area contributed by atoms with Gasteiger partial charge in [0.15, 0.2) is 0 Å². The molecule has 0 unspecified atom stereocenters. The minimum absolute atomic E-state index is 0.114. The Kier molecular flexibility index (Phi) is 8.77. The standard InChI is InChI=1S/C63H35F3N6/c64-63(65,66)52-31-38(36-67)25-28-42(52)51-35-61(71-57-23-11-5-17-47(57)49-33-40(26-29-59(49)71)69-53-19-7-1-13-43(53)44-14-2-8-20-54(44)69)39(37-68)32-62(51)72-58-24-12-6-18-48(58)50-34-41(27-30-60(50)72)70-55-21-9-3-15-45(55)46-16-4-10-22-56(46)70/h1-35H. The Morgan fingerprint density at radius 2 is 0.694 bits per heavy atom. The smallest absolute Gasteiger partial charge is 0.309 e. The zero-order valence-corrected chi connectivity index (χ0v) is 38.0. The van der Waals surface area contributed by atoms with Gasteiger partial charge in [0, 0.05) is 60.0 Å². The van der Waals surface area contributed by atoms with Gasteiger partial charge in [0.25, 0.3) is 0 Å². The third-order valence-corrected chi connectivity index (χ3v) is 14.4. The van der Waals surface area contributed by atoms with Gasteiger partial charge in [-0.05, 0) is 103 Å². The number of nitriles is 2. The van der Waals surface area contributed by atoms with Gasteiger partial charge in [-0.2, -0.15) is 23.7 Å². The van der Waals surface area contributed by atoms with E-state index in [9.17, 15) is 10.5 Å². The van der Waals surface area contributed by atoms with E-state index in [1.54, 1.807) is 12.1 Å². The molecular weight excluding hydrogens is 898 g/mol. The van der Waals surface area contributed by atoms with Crippen molar-refractivity contribution in [2.75, 3.05) is 0 Å². The van der Waals surface area contributed by atoms with Gasteiger partial charge in [-0.3, -0.25) is 0 Å². The fourth-order valence-corrected chi connectivity index (χ4v) is 11.5. The maximum Gasteiger partial charge on any atom is 0.417 e. The summed E-state index contributed by atoms with van der Waals surface area (Å²) in [5, 5.41) is 29.3. The summed E-state index contributed by atoms with van der Waals surface area (Å²) in [5.74, 6) is 0. The Hall–Kier alpha value is -9.83. The number of alkyl halides is 3. The second-order valence-electron chi connectivity index (χ2n) is 18.2. The topological polar surface area (TPSA) is 67.3 Å². The van der Waals surface area contributed by atoms with Gasteiger partial charge in [-0.1, -0.05) is 115 Å². The van der Waals surface area contributed by atoms with E-state index in [1.807, 2.05) is 130 Å². The molecule has 0 aliphatic rings. The van der Waals surface area contributed by atoms with Crippen molar-refractivity contribution in [3.63, 3.8) is 0 Å². The van der Waals surface area contributed by atoms with Crippen molar-refractivity contribution in [2.45, 2.75) is 6.18 Å². The molecule has 14 aromatic rings. The molecule has 9 heteroatoms. The van der Waals surface area contributed by atoms with E-state index in [4.69, 9.17) is 0 Å². The molecule has 14 rings (SSSR count). The number of hydrogen-bond donors (Lipinski definition) is 0. The summed E-state index contributed by atoms with van der Waals surface area (Å²) in [6.07, 6.45) is -4.83. The summed E-state index contributed by atoms with van der Waals surface area (Å²) in [6.45, 7) is 0. The van der Waals surface area contributed by atoms with Gasteiger partial charge in [-0.25, -0.2) is 0 Å². The van der Waals surface area contributed by atoms with Crippen molar-refractivity contribution in [1.82, 2.24) is 18.3 Å². The largest absolute Gasteiger partial charge is 0.417 e. The van der Waals surface area contributed by atoms with Crippen LogP contribution in [0.1, 0.15) is 16.7 Å². The summed E-state index contributed by atoms with van der Waals surface area (Å²) in [4.78, 5) is 0. The summed E-state index contributed by atoms with van der Waals surface area (Å²) in [7, 11) is 0. The lowest BCUT2D eigenvalue weighted by atomic mass is 9.93. The molecule has 4 heterocycles. The van der Waals surface area contributed by atoms with Gasteiger partial charge in [0.05, 0.1) is 78.3 Å². The number of benzene rings is 10. The van der Waals surface area contributed by atoms with Crippen LogP contribution in [0.15, 0.2) is 212 Å². The summed E-state index contributed by atoms with van der Waals surface area (Å²) < 4.78 is 55.1. The van der Waals surface area contributed by atoms with Gasteiger partial charge < -0.3 is 18.3 Å². The zero-order chi connectivity index (χ0) is 48.4. The molecule has 0 atom stereocenters. The Morgan fingerprint density at radius 1 is 0.319 bits per heavy atom. The van der Waals surface area contributed by atoms with Crippen LogP contribution in [0, 0.1) is 22.7 Å². The van der Waals surface area contributed by atoms with Crippen LogP contribution in [0.4, 0.5) is 13.2 Å². The molecule has 6 nitrogen and oxygen atoms in total. The highest BCUT2D eigenvalue weighted by Gasteiger charge is 2.35. The average Bonchev–Trinajstić information content (AvgIpc) is 4.15. The van der Waals surface area contributed by atoms with E-state index in [2.05, 4.69) is 81.9 Å². The molecule has 0 saturated heterocycles. The van der Waals surface area contributed by atoms with Gasteiger partial charge in [0.1, 0.15) is 6.07 Å². The van der Waals surface area contributed by atoms with Crippen LogP contribution in [0.25, 0.3) is 121 Å². The van der Waals surface area contributed by atoms with Crippen molar-refractivity contribution in [3.8, 4) is 46.0 Å². The first-order chi connectivity index (χ1) is 35.3. The number of rotatable bonds is 5. The third-order valence-electron chi connectivity index (χ3n) is 14.4. The SMILES string of the molecule is N#Cc1ccc(-c2cc(-n3c4ccccc4c4cc(-n5c6ccccc6c6ccccc65)ccc43)c(C#N)cc2-n2c3ccccc3c3cc(-n4c5ccccc5c5ccccc54)ccc32)c(C(F)(F)F)c1. The van der Waals surface area contributed by atoms with Crippen LogP contribution >= 0.6 is 0 Å². The van der Waals surface area contributed by atoms with E-state index in [0.717, 1.165) is 105 Å². The molecule has 4 aromatic heterocycles. The highest BCUT2D eigenvalue weighted by molar-refractivity contribution is 6.14. The lowest BCUT2D eigenvalue weighted by Gasteiger charge is -2.21. The molecule has 0 aliphatic carbocycles. The minimum Gasteiger partial charge on any atom is -0.309 e. The average molecular weight is 933 g/mol. The molecule has 0 amide bonds. The van der Waals surface area contributed by atoms with E-state index < -0.39 is 11.7 Å². The normalized spacial score (nSPS) is 12.1. The predicted molar refractivity (Wildman–Crippen MR) is 284 cm³/mol. The summed E-state index contributed by atoms with van der Waals surface area (Å²) in [6, 6.07) is 73.1. The highest BCUT2D eigenvalue weighted by Crippen LogP contribution is 2.46. The summed E-state index contributed by atoms with van der Waals surface area (Å²) in [5.41, 5.74) is 9.26. The molecular formula is C63H35F3N6. The molecule has 0 fully saturated rings. The monoisotopic (exact) mass is 932 g/mol. The zero-order valence-electron chi connectivity index (χ0n) is 38.0. The molecule has 0 radical (unpaired) electrons. The first-order valence-corrected chi connectivity index (χ1v) is 23.5. The Bertz CT molecular complexity index is 4610. The Morgan fingerprint density at radius 3 is 1.10 bits per heavy atom. The van der Waals surface area contributed by atoms with Crippen molar-refractivity contribution >= 4 is 87.2 Å². The fraction of sp³-hybridized carbons (Fsp3) is 0.0159. The number of hydrogen-bond acceptors (Lipinski definition) is 2. The number of aromatic nitrogens is 4. The number of halogens is 3. The summed E-state index contributed by atoms with van der Waals surface area (Å²) >= 11 is 0. The van der Waals surface area contributed by atoms with Crippen LogP contribution in [0.2, 0.25) is 0 Å². The maximum atomic E-state index is 15.5. The number of nitrogens with zero attached hydrogens (tertiary/aromatic N) is 6. The quantitative estimate of drug-likeness (QED) is 0.173. The Labute approximate surface area is 408 Å². The van der Waals surface area contributed by atoms with Crippen molar-refractivity contribution < 1.29 is 13.2 Å². The highest BCUT2D eigenvalue weighted by atomic mass is 19.4. The van der Waals surface area contributed by atoms with E-state index in [1.165, 1.54) is 12.1 Å². The third kappa shape index (κ3) is 5.89. The van der Waals surface area contributed by atoms with Crippen molar-refractivity contribution in [2.24, 2.45) is 0 Å².